The molecule has 78 valence electrons. The molecule has 0 aliphatic rings. The highest BCUT2D eigenvalue weighted by molar-refractivity contribution is 5.80. The van der Waals surface area contributed by atoms with Crippen LogP contribution in [0.25, 0.3) is 0 Å². The van der Waals surface area contributed by atoms with E-state index in [2.05, 4.69) is 25.7 Å². The van der Waals surface area contributed by atoms with Crippen molar-refractivity contribution >= 4 is 5.78 Å². The van der Waals surface area contributed by atoms with E-state index in [0.717, 1.165) is 19.5 Å². The van der Waals surface area contributed by atoms with Crippen LogP contribution in [0.3, 0.4) is 0 Å². The molecule has 0 radical (unpaired) electrons. The van der Waals surface area contributed by atoms with E-state index in [9.17, 15) is 4.79 Å². The molecular formula is C11H23NO. The molecule has 0 atom stereocenters. The minimum atomic E-state index is 0.356. The predicted molar refractivity (Wildman–Crippen MR) is 56.9 cm³/mol. The second-order valence-electron chi connectivity index (χ2n) is 4.02. The summed E-state index contributed by atoms with van der Waals surface area (Å²) < 4.78 is 0. The van der Waals surface area contributed by atoms with Gasteiger partial charge in [-0.3, -0.25) is 9.69 Å². The summed E-state index contributed by atoms with van der Waals surface area (Å²) in [6.07, 6.45) is 1.79. The van der Waals surface area contributed by atoms with E-state index in [0.29, 0.717) is 24.7 Å². The highest BCUT2D eigenvalue weighted by Gasteiger charge is 2.09. The summed E-state index contributed by atoms with van der Waals surface area (Å²) in [4.78, 5) is 13.5. The maximum atomic E-state index is 11.2. The van der Waals surface area contributed by atoms with Crippen LogP contribution >= 0.6 is 0 Å². The quantitative estimate of drug-likeness (QED) is 0.606. The van der Waals surface area contributed by atoms with Crippen molar-refractivity contribution in [2.45, 2.75) is 40.5 Å². The summed E-state index contributed by atoms with van der Waals surface area (Å²) in [5.74, 6) is 1.00. The first kappa shape index (κ1) is 12.6. The van der Waals surface area contributed by atoms with Crippen molar-refractivity contribution in [2.24, 2.45) is 5.92 Å². The van der Waals surface area contributed by atoms with Crippen LogP contribution in [0.5, 0.6) is 0 Å². The van der Waals surface area contributed by atoms with Crippen molar-refractivity contribution in [3.05, 3.63) is 0 Å². The third-order valence-corrected chi connectivity index (χ3v) is 1.96. The molecule has 0 aromatic carbocycles. The Kier molecular flexibility index (Phi) is 6.87. The predicted octanol–water partition coefficient (Wildman–Crippen LogP) is 2.33. The number of carbonyl (C=O) groups is 1. The Hall–Kier alpha value is -0.370. The molecule has 0 saturated heterocycles. The fourth-order valence-electron chi connectivity index (χ4n) is 1.43. The summed E-state index contributed by atoms with van der Waals surface area (Å²) in [6, 6.07) is 0. The molecule has 0 fully saturated rings. The Balaban J connectivity index is 3.86. The highest BCUT2D eigenvalue weighted by Crippen LogP contribution is 2.00. The van der Waals surface area contributed by atoms with Gasteiger partial charge in [0, 0.05) is 13.0 Å². The Morgan fingerprint density at radius 1 is 1.31 bits per heavy atom. The zero-order valence-electron chi connectivity index (χ0n) is 9.47. The SMILES string of the molecule is CCCN(CC(=O)CC)CC(C)C. The number of rotatable bonds is 7. The number of ketones is 1. The summed E-state index contributed by atoms with van der Waals surface area (Å²) in [7, 11) is 0. The lowest BCUT2D eigenvalue weighted by atomic mass is 10.2. The monoisotopic (exact) mass is 185 g/mol. The minimum absolute atomic E-state index is 0.356. The van der Waals surface area contributed by atoms with Gasteiger partial charge in [-0.15, -0.1) is 0 Å². The van der Waals surface area contributed by atoms with Gasteiger partial charge in [-0.25, -0.2) is 0 Å². The maximum Gasteiger partial charge on any atom is 0.146 e. The lowest BCUT2D eigenvalue weighted by Crippen LogP contribution is -2.33. The van der Waals surface area contributed by atoms with E-state index >= 15 is 0 Å². The van der Waals surface area contributed by atoms with Crippen molar-refractivity contribution in [3.8, 4) is 0 Å². The van der Waals surface area contributed by atoms with E-state index in [-0.39, 0.29) is 0 Å². The third kappa shape index (κ3) is 6.76. The van der Waals surface area contributed by atoms with Crippen LogP contribution in [0.2, 0.25) is 0 Å². The van der Waals surface area contributed by atoms with Gasteiger partial charge >= 0.3 is 0 Å². The second-order valence-corrected chi connectivity index (χ2v) is 4.02. The molecular weight excluding hydrogens is 162 g/mol. The van der Waals surface area contributed by atoms with Crippen LogP contribution in [0.4, 0.5) is 0 Å². The fourth-order valence-corrected chi connectivity index (χ4v) is 1.43. The summed E-state index contributed by atoms with van der Waals surface area (Å²) in [6.45, 7) is 11.2. The number of hydrogen-bond acceptors (Lipinski definition) is 2. The fraction of sp³-hybridized carbons (Fsp3) is 0.909. The lowest BCUT2D eigenvalue weighted by molar-refractivity contribution is -0.120. The van der Waals surface area contributed by atoms with Crippen LogP contribution in [0.1, 0.15) is 40.5 Å². The Bertz CT molecular complexity index is 143. The third-order valence-electron chi connectivity index (χ3n) is 1.96. The van der Waals surface area contributed by atoms with Crippen molar-refractivity contribution < 1.29 is 4.79 Å². The highest BCUT2D eigenvalue weighted by atomic mass is 16.1. The summed E-state index contributed by atoms with van der Waals surface area (Å²) >= 11 is 0. The summed E-state index contributed by atoms with van der Waals surface area (Å²) in [5.41, 5.74) is 0. The average molecular weight is 185 g/mol. The first-order valence-corrected chi connectivity index (χ1v) is 5.34. The molecule has 0 aromatic heterocycles. The molecule has 0 bridgehead atoms. The number of nitrogens with zero attached hydrogens (tertiary/aromatic N) is 1. The standard InChI is InChI=1S/C11H23NO/c1-5-7-12(8-10(3)4)9-11(13)6-2/h10H,5-9H2,1-4H3. The van der Waals surface area contributed by atoms with Gasteiger partial charge in [0.15, 0.2) is 0 Å². The molecule has 0 amide bonds. The van der Waals surface area contributed by atoms with Crippen LogP contribution in [-0.4, -0.2) is 30.3 Å². The molecule has 0 saturated carbocycles. The first-order chi connectivity index (χ1) is 6.10. The normalized spacial score (nSPS) is 11.2. The zero-order valence-corrected chi connectivity index (χ0v) is 9.47. The molecule has 2 nitrogen and oxygen atoms in total. The molecule has 2 heteroatoms. The first-order valence-electron chi connectivity index (χ1n) is 5.34. The van der Waals surface area contributed by atoms with Crippen molar-refractivity contribution in [2.75, 3.05) is 19.6 Å². The van der Waals surface area contributed by atoms with Gasteiger partial charge in [0.25, 0.3) is 0 Å². The van der Waals surface area contributed by atoms with Crippen LogP contribution in [-0.2, 0) is 4.79 Å². The van der Waals surface area contributed by atoms with E-state index in [1.54, 1.807) is 0 Å². The Morgan fingerprint density at radius 3 is 2.31 bits per heavy atom. The molecule has 0 heterocycles. The van der Waals surface area contributed by atoms with Gasteiger partial charge in [0.1, 0.15) is 5.78 Å². The van der Waals surface area contributed by atoms with E-state index in [1.807, 2.05) is 6.92 Å². The largest absolute Gasteiger partial charge is 0.298 e. The number of carbonyl (C=O) groups excluding carboxylic acids is 1. The Labute approximate surface area is 82.3 Å². The van der Waals surface area contributed by atoms with Crippen LogP contribution in [0, 0.1) is 5.92 Å². The molecule has 0 aliphatic heterocycles. The minimum Gasteiger partial charge on any atom is -0.298 e. The van der Waals surface area contributed by atoms with Gasteiger partial charge in [-0.2, -0.15) is 0 Å². The zero-order chi connectivity index (χ0) is 10.3. The Morgan fingerprint density at radius 2 is 1.92 bits per heavy atom. The molecule has 0 N–H and O–H groups in total. The molecule has 0 rings (SSSR count). The van der Waals surface area contributed by atoms with Crippen molar-refractivity contribution in [3.63, 3.8) is 0 Å². The number of Topliss-reactive ketones (excluding diaryl/α,β-unsaturated/α-hetero) is 1. The van der Waals surface area contributed by atoms with Gasteiger partial charge < -0.3 is 0 Å². The average Bonchev–Trinajstić information content (AvgIpc) is 2.03. The van der Waals surface area contributed by atoms with E-state index < -0.39 is 0 Å². The van der Waals surface area contributed by atoms with Crippen LogP contribution in [0.15, 0.2) is 0 Å². The van der Waals surface area contributed by atoms with Crippen LogP contribution < -0.4 is 0 Å². The van der Waals surface area contributed by atoms with Crippen molar-refractivity contribution in [1.29, 1.82) is 0 Å². The topological polar surface area (TPSA) is 20.3 Å². The molecule has 0 unspecified atom stereocenters. The molecule has 13 heavy (non-hydrogen) atoms. The van der Waals surface area contributed by atoms with Gasteiger partial charge in [-0.1, -0.05) is 27.7 Å². The van der Waals surface area contributed by atoms with Gasteiger partial charge in [0.05, 0.1) is 6.54 Å². The smallest absolute Gasteiger partial charge is 0.146 e. The van der Waals surface area contributed by atoms with Gasteiger partial charge in [0.2, 0.25) is 0 Å². The molecule has 0 spiro atoms. The molecule has 0 aromatic rings. The van der Waals surface area contributed by atoms with Gasteiger partial charge in [-0.05, 0) is 18.9 Å². The van der Waals surface area contributed by atoms with Crippen molar-refractivity contribution in [1.82, 2.24) is 4.90 Å². The second kappa shape index (κ2) is 7.07. The lowest BCUT2D eigenvalue weighted by Gasteiger charge is -2.22. The van der Waals surface area contributed by atoms with E-state index in [1.165, 1.54) is 0 Å². The summed E-state index contributed by atoms with van der Waals surface area (Å²) in [5, 5.41) is 0. The maximum absolute atomic E-state index is 11.2. The molecule has 0 aliphatic carbocycles. The van der Waals surface area contributed by atoms with E-state index in [4.69, 9.17) is 0 Å². The number of hydrogen-bond donors (Lipinski definition) is 0.